The Kier molecular flexibility index (Phi) is 4.77. The van der Waals surface area contributed by atoms with E-state index in [1.165, 1.54) is 37.4 Å². The first-order valence-corrected chi connectivity index (χ1v) is 7.73. The summed E-state index contributed by atoms with van der Waals surface area (Å²) in [6.07, 6.45) is 0. The summed E-state index contributed by atoms with van der Waals surface area (Å²) in [4.78, 5) is 35.7. The Bertz CT molecular complexity index is 1070. The number of halogens is 2. The van der Waals surface area contributed by atoms with Gasteiger partial charge < -0.3 is 14.5 Å². The van der Waals surface area contributed by atoms with Gasteiger partial charge in [-0.2, -0.15) is 0 Å². The number of hydrogen-bond donors (Lipinski definition) is 1. The summed E-state index contributed by atoms with van der Waals surface area (Å²) in [5.41, 5.74) is 0.993. The van der Waals surface area contributed by atoms with E-state index in [9.17, 15) is 18.8 Å². The van der Waals surface area contributed by atoms with Gasteiger partial charge in [0, 0.05) is 5.69 Å². The molecule has 0 bridgehead atoms. The Hall–Kier alpha value is -3.13. The van der Waals surface area contributed by atoms with Gasteiger partial charge in [-0.1, -0.05) is 11.6 Å². The van der Waals surface area contributed by atoms with Crippen molar-refractivity contribution < 1.29 is 23.1 Å². The van der Waals surface area contributed by atoms with Crippen LogP contribution in [0, 0.1) is 5.82 Å². The van der Waals surface area contributed by atoms with Gasteiger partial charge >= 0.3 is 11.7 Å². The van der Waals surface area contributed by atoms with Crippen molar-refractivity contribution >= 4 is 40.3 Å². The first-order valence-electron chi connectivity index (χ1n) is 7.35. The Balaban J connectivity index is 1.84. The zero-order valence-electron chi connectivity index (χ0n) is 13.4. The van der Waals surface area contributed by atoms with E-state index in [-0.39, 0.29) is 28.4 Å². The number of esters is 1. The fraction of sp³-hybridized carbons (Fsp3) is 0.118. The van der Waals surface area contributed by atoms with Gasteiger partial charge in [0.25, 0.3) is 0 Å². The monoisotopic (exact) mass is 378 g/mol. The third kappa shape index (κ3) is 3.45. The predicted molar refractivity (Wildman–Crippen MR) is 91.9 cm³/mol. The number of nitrogens with zero attached hydrogens (tertiary/aromatic N) is 1. The number of hydrogen-bond acceptors (Lipinski definition) is 5. The summed E-state index contributed by atoms with van der Waals surface area (Å²) in [5.74, 6) is -2.47. The number of carbonyl (C=O) groups excluding carboxylic acids is 2. The fourth-order valence-electron chi connectivity index (χ4n) is 2.38. The van der Waals surface area contributed by atoms with Crippen LogP contribution in [0.5, 0.6) is 0 Å². The lowest BCUT2D eigenvalue weighted by molar-refractivity contribution is -0.116. The van der Waals surface area contributed by atoms with E-state index in [0.29, 0.717) is 5.52 Å². The summed E-state index contributed by atoms with van der Waals surface area (Å²) < 4.78 is 23.9. The van der Waals surface area contributed by atoms with E-state index in [1.54, 1.807) is 0 Å². The number of carbonyl (C=O) groups is 2. The molecule has 3 rings (SSSR count). The highest BCUT2D eigenvalue weighted by Crippen LogP contribution is 2.20. The summed E-state index contributed by atoms with van der Waals surface area (Å²) in [7, 11) is 1.24. The number of nitrogens with one attached hydrogen (secondary N) is 1. The predicted octanol–water partition coefficient (Wildman–Crippen LogP) is 2.81. The maximum atomic E-state index is 13.1. The average molecular weight is 379 g/mol. The van der Waals surface area contributed by atoms with Crippen molar-refractivity contribution in [1.29, 1.82) is 0 Å². The number of oxazole rings is 1. The third-order valence-corrected chi connectivity index (χ3v) is 3.88. The van der Waals surface area contributed by atoms with Gasteiger partial charge in [-0.05, 0) is 36.4 Å². The molecule has 0 unspecified atom stereocenters. The van der Waals surface area contributed by atoms with Gasteiger partial charge in [0.1, 0.15) is 12.4 Å². The molecule has 0 atom stereocenters. The van der Waals surface area contributed by atoms with E-state index < -0.39 is 23.4 Å². The molecule has 0 saturated carbocycles. The molecule has 0 aliphatic heterocycles. The zero-order chi connectivity index (χ0) is 18.8. The van der Waals surface area contributed by atoms with Crippen LogP contribution in [0.1, 0.15) is 10.4 Å². The highest BCUT2D eigenvalue weighted by molar-refractivity contribution is 6.31. The summed E-state index contributed by atoms with van der Waals surface area (Å²) in [6, 6.07) is 8.01. The van der Waals surface area contributed by atoms with E-state index in [4.69, 9.17) is 16.0 Å². The van der Waals surface area contributed by atoms with Crippen molar-refractivity contribution in [2.45, 2.75) is 6.54 Å². The second-order valence-corrected chi connectivity index (χ2v) is 5.71. The van der Waals surface area contributed by atoms with Crippen molar-refractivity contribution in [2.75, 3.05) is 12.4 Å². The van der Waals surface area contributed by atoms with Gasteiger partial charge in [0.05, 0.1) is 23.2 Å². The molecule has 9 heteroatoms. The van der Waals surface area contributed by atoms with Gasteiger partial charge in [-0.25, -0.2) is 14.0 Å². The number of ether oxygens (including phenoxy) is 1. The molecule has 1 aromatic heterocycles. The highest BCUT2D eigenvalue weighted by atomic mass is 35.5. The van der Waals surface area contributed by atoms with Gasteiger partial charge in [0.2, 0.25) is 5.91 Å². The first kappa shape index (κ1) is 17.7. The standard InChI is InChI=1S/C17H12ClFN2O5/c1-25-16(23)9-2-5-13-14(6-9)26-17(24)21(13)8-15(22)20-10-3-4-12(19)11(18)7-10/h2-7H,8H2,1H3,(H,20,22). The molecule has 0 saturated heterocycles. The number of benzene rings is 2. The van der Waals surface area contributed by atoms with E-state index in [0.717, 1.165) is 10.6 Å². The fourth-order valence-corrected chi connectivity index (χ4v) is 2.56. The largest absolute Gasteiger partial charge is 0.465 e. The van der Waals surface area contributed by atoms with Crippen LogP contribution in [0.2, 0.25) is 5.02 Å². The second kappa shape index (κ2) is 7.01. The molecule has 26 heavy (non-hydrogen) atoms. The second-order valence-electron chi connectivity index (χ2n) is 5.31. The molecule has 0 fully saturated rings. The van der Waals surface area contributed by atoms with Crippen LogP contribution in [0.3, 0.4) is 0 Å². The Morgan fingerprint density at radius 3 is 2.73 bits per heavy atom. The lowest BCUT2D eigenvalue weighted by atomic mass is 10.2. The number of rotatable bonds is 4. The van der Waals surface area contributed by atoms with Crippen LogP contribution in [0.25, 0.3) is 11.1 Å². The molecule has 2 aromatic carbocycles. The molecular weight excluding hydrogens is 367 g/mol. The van der Waals surface area contributed by atoms with Crippen LogP contribution < -0.4 is 11.1 Å². The molecule has 1 amide bonds. The first-order chi connectivity index (χ1) is 12.4. The van der Waals surface area contributed by atoms with Gasteiger partial charge in [-0.3, -0.25) is 9.36 Å². The summed E-state index contributed by atoms with van der Waals surface area (Å²) in [6.45, 7) is -0.335. The molecule has 0 aliphatic carbocycles. The molecule has 7 nitrogen and oxygen atoms in total. The number of methoxy groups -OCH3 is 1. The average Bonchev–Trinajstić information content (AvgIpc) is 2.92. The van der Waals surface area contributed by atoms with Crippen LogP contribution in [0.15, 0.2) is 45.6 Å². The molecule has 0 spiro atoms. The van der Waals surface area contributed by atoms with Crippen LogP contribution in [-0.4, -0.2) is 23.6 Å². The third-order valence-electron chi connectivity index (χ3n) is 3.59. The zero-order valence-corrected chi connectivity index (χ0v) is 14.2. The minimum Gasteiger partial charge on any atom is -0.465 e. The lowest BCUT2D eigenvalue weighted by Gasteiger charge is -2.06. The molecule has 1 N–H and O–H groups in total. The van der Waals surface area contributed by atoms with Crippen molar-refractivity contribution in [3.8, 4) is 0 Å². The normalized spacial score (nSPS) is 10.7. The van der Waals surface area contributed by atoms with Gasteiger partial charge in [-0.15, -0.1) is 0 Å². The quantitative estimate of drug-likeness (QED) is 0.705. The number of aromatic nitrogens is 1. The molecule has 3 aromatic rings. The SMILES string of the molecule is COC(=O)c1ccc2c(c1)oc(=O)n2CC(=O)Nc1ccc(F)c(Cl)c1. The minimum absolute atomic E-state index is 0.135. The molecule has 134 valence electrons. The van der Waals surface area contributed by atoms with Crippen LogP contribution in [-0.2, 0) is 16.1 Å². The summed E-state index contributed by atoms with van der Waals surface area (Å²) >= 11 is 5.66. The maximum absolute atomic E-state index is 13.1. The number of amides is 1. The highest BCUT2D eigenvalue weighted by Gasteiger charge is 2.15. The van der Waals surface area contributed by atoms with Crippen molar-refractivity contribution in [3.05, 3.63) is 63.4 Å². The van der Waals surface area contributed by atoms with Crippen molar-refractivity contribution in [3.63, 3.8) is 0 Å². The Morgan fingerprint density at radius 1 is 1.27 bits per heavy atom. The smallest absolute Gasteiger partial charge is 0.420 e. The Labute approximate surface area is 150 Å². The van der Waals surface area contributed by atoms with Gasteiger partial charge in [0.15, 0.2) is 5.58 Å². The number of anilines is 1. The molecule has 0 aliphatic rings. The Morgan fingerprint density at radius 2 is 2.04 bits per heavy atom. The minimum atomic E-state index is -0.755. The topological polar surface area (TPSA) is 90.5 Å². The van der Waals surface area contributed by atoms with E-state index in [1.807, 2.05) is 0 Å². The lowest BCUT2D eigenvalue weighted by Crippen LogP contribution is -2.24. The molecular formula is C17H12ClFN2O5. The van der Waals surface area contributed by atoms with Crippen LogP contribution in [0.4, 0.5) is 10.1 Å². The summed E-state index contributed by atoms with van der Waals surface area (Å²) in [5, 5.41) is 2.38. The van der Waals surface area contributed by atoms with Crippen LogP contribution >= 0.6 is 11.6 Å². The number of fused-ring (bicyclic) bond motifs is 1. The molecule has 1 heterocycles. The van der Waals surface area contributed by atoms with Crippen molar-refractivity contribution in [1.82, 2.24) is 4.57 Å². The van der Waals surface area contributed by atoms with E-state index >= 15 is 0 Å². The molecule has 0 radical (unpaired) electrons. The maximum Gasteiger partial charge on any atom is 0.420 e. The van der Waals surface area contributed by atoms with Crippen molar-refractivity contribution in [2.24, 2.45) is 0 Å². The van der Waals surface area contributed by atoms with E-state index in [2.05, 4.69) is 10.1 Å².